The van der Waals surface area contributed by atoms with E-state index >= 15 is 0 Å². The minimum Gasteiger partial charge on any atom is -0.491 e. The predicted molar refractivity (Wildman–Crippen MR) is 87.2 cm³/mol. The van der Waals surface area contributed by atoms with E-state index in [1.165, 1.54) is 6.07 Å². The van der Waals surface area contributed by atoms with Crippen molar-refractivity contribution in [3.05, 3.63) is 59.0 Å². The van der Waals surface area contributed by atoms with Crippen LogP contribution in [0.4, 0.5) is 4.39 Å². The lowest BCUT2D eigenvalue weighted by Crippen LogP contribution is -2.02. The number of ether oxygens (including phenoxy) is 1. The molecule has 0 radical (unpaired) electrons. The molecule has 1 atom stereocenters. The molecule has 1 aliphatic heterocycles. The van der Waals surface area contributed by atoms with Gasteiger partial charge in [-0.2, -0.15) is 5.26 Å². The van der Waals surface area contributed by atoms with Crippen molar-refractivity contribution in [3.63, 3.8) is 0 Å². The van der Waals surface area contributed by atoms with Gasteiger partial charge < -0.3 is 9.30 Å². The molecular weight excluding hydrogens is 307 g/mol. The molecule has 2 aromatic carbocycles. The molecule has 0 bridgehead atoms. The van der Waals surface area contributed by atoms with E-state index in [1.54, 1.807) is 10.8 Å². The van der Waals surface area contributed by atoms with Crippen molar-refractivity contribution in [1.29, 1.82) is 5.26 Å². The molecule has 4 nitrogen and oxygen atoms in total. The summed E-state index contributed by atoms with van der Waals surface area (Å²) < 4.78 is 21.8. The monoisotopic (exact) mass is 320 g/mol. The summed E-state index contributed by atoms with van der Waals surface area (Å²) in [5.74, 6) is -0.278. The number of rotatable bonds is 2. The van der Waals surface area contributed by atoms with Gasteiger partial charge in [0.15, 0.2) is 6.29 Å². The summed E-state index contributed by atoms with van der Waals surface area (Å²) in [6.45, 7) is 2.38. The summed E-state index contributed by atoms with van der Waals surface area (Å²) in [5, 5.41) is 10.0. The topological polar surface area (TPSA) is 55.0 Å². The second-order valence-corrected chi connectivity index (χ2v) is 5.91. The summed E-state index contributed by atoms with van der Waals surface area (Å²) >= 11 is 0. The summed E-state index contributed by atoms with van der Waals surface area (Å²) in [6.07, 6.45) is 2.49. The van der Waals surface area contributed by atoms with Gasteiger partial charge in [-0.25, -0.2) is 4.39 Å². The SMILES string of the molecule is CC1COc2c(C#N)c(F)cc(-n3cc(C=O)c4ccccc43)c21. The molecule has 1 aromatic heterocycles. The van der Waals surface area contributed by atoms with Gasteiger partial charge in [-0.1, -0.05) is 25.1 Å². The van der Waals surface area contributed by atoms with Crippen LogP contribution in [0.5, 0.6) is 5.75 Å². The Kier molecular flexibility index (Phi) is 3.14. The Morgan fingerprint density at radius 1 is 1.42 bits per heavy atom. The van der Waals surface area contributed by atoms with E-state index in [1.807, 2.05) is 37.3 Å². The first-order valence-electron chi connectivity index (χ1n) is 7.60. The van der Waals surface area contributed by atoms with E-state index in [2.05, 4.69) is 0 Å². The van der Waals surface area contributed by atoms with E-state index in [0.29, 0.717) is 23.6 Å². The van der Waals surface area contributed by atoms with Crippen LogP contribution in [-0.4, -0.2) is 17.5 Å². The van der Waals surface area contributed by atoms with Gasteiger partial charge in [0.1, 0.15) is 23.2 Å². The minimum atomic E-state index is -0.620. The molecule has 0 fully saturated rings. The third kappa shape index (κ3) is 1.86. The smallest absolute Gasteiger partial charge is 0.152 e. The van der Waals surface area contributed by atoms with Crippen molar-refractivity contribution in [2.45, 2.75) is 12.8 Å². The molecule has 118 valence electrons. The highest BCUT2D eigenvalue weighted by atomic mass is 19.1. The molecule has 0 aliphatic carbocycles. The first-order valence-corrected chi connectivity index (χ1v) is 7.60. The molecule has 0 amide bonds. The van der Waals surface area contributed by atoms with Crippen LogP contribution in [0.2, 0.25) is 0 Å². The van der Waals surface area contributed by atoms with Gasteiger partial charge in [0.2, 0.25) is 0 Å². The Bertz CT molecular complexity index is 1030. The van der Waals surface area contributed by atoms with Crippen molar-refractivity contribution in [2.75, 3.05) is 6.61 Å². The lowest BCUT2D eigenvalue weighted by atomic mass is 9.98. The molecule has 0 spiro atoms. The summed E-state index contributed by atoms with van der Waals surface area (Å²) in [7, 11) is 0. The Hall–Kier alpha value is -3.13. The number of aromatic nitrogens is 1. The van der Waals surface area contributed by atoms with Crippen molar-refractivity contribution >= 4 is 17.2 Å². The summed E-state index contributed by atoms with van der Waals surface area (Å²) in [4.78, 5) is 11.4. The van der Waals surface area contributed by atoms with Gasteiger partial charge in [-0.3, -0.25) is 4.79 Å². The number of carbonyl (C=O) groups is 1. The quantitative estimate of drug-likeness (QED) is 0.672. The maximum atomic E-state index is 14.4. The molecule has 0 saturated heterocycles. The molecule has 5 heteroatoms. The normalized spacial score (nSPS) is 15.8. The average molecular weight is 320 g/mol. The summed E-state index contributed by atoms with van der Waals surface area (Å²) in [6, 6.07) is 10.7. The molecule has 3 aromatic rings. The van der Waals surface area contributed by atoms with Crippen LogP contribution in [0.25, 0.3) is 16.6 Å². The Labute approximate surface area is 137 Å². The predicted octanol–water partition coefficient (Wildman–Crippen LogP) is 3.95. The van der Waals surface area contributed by atoms with Crippen LogP contribution in [0.3, 0.4) is 0 Å². The van der Waals surface area contributed by atoms with E-state index in [9.17, 15) is 14.4 Å². The number of hydrogen-bond donors (Lipinski definition) is 0. The fourth-order valence-corrected chi connectivity index (χ4v) is 3.35. The number of benzene rings is 2. The summed E-state index contributed by atoms with van der Waals surface area (Å²) in [5.41, 5.74) is 2.69. The van der Waals surface area contributed by atoms with Gasteiger partial charge >= 0.3 is 0 Å². The third-order valence-electron chi connectivity index (χ3n) is 4.46. The first kappa shape index (κ1) is 14.5. The lowest BCUT2D eigenvalue weighted by Gasteiger charge is -2.14. The van der Waals surface area contributed by atoms with E-state index in [4.69, 9.17) is 4.74 Å². The van der Waals surface area contributed by atoms with Crippen LogP contribution in [0, 0.1) is 17.1 Å². The zero-order valence-corrected chi connectivity index (χ0v) is 12.9. The maximum Gasteiger partial charge on any atom is 0.152 e. The van der Waals surface area contributed by atoms with Crippen molar-refractivity contribution in [3.8, 4) is 17.5 Å². The van der Waals surface area contributed by atoms with Gasteiger partial charge in [0.25, 0.3) is 0 Å². The first-order chi connectivity index (χ1) is 11.7. The number of aldehydes is 1. The van der Waals surface area contributed by atoms with Gasteiger partial charge in [0, 0.05) is 28.6 Å². The van der Waals surface area contributed by atoms with Crippen LogP contribution in [0.15, 0.2) is 36.5 Å². The Morgan fingerprint density at radius 3 is 2.96 bits per heavy atom. The minimum absolute atomic E-state index is 0.0311. The second-order valence-electron chi connectivity index (χ2n) is 5.91. The number of carbonyl (C=O) groups excluding carboxylic acids is 1. The maximum absolute atomic E-state index is 14.4. The van der Waals surface area contributed by atoms with Crippen LogP contribution in [-0.2, 0) is 0 Å². The van der Waals surface area contributed by atoms with Crippen molar-refractivity contribution < 1.29 is 13.9 Å². The average Bonchev–Trinajstić information content (AvgIpc) is 3.16. The molecule has 0 saturated carbocycles. The van der Waals surface area contributed by atoms with Gasteiger partial charge in [0.05, 0.1) is 17.8 Å². The molecule has 4 rings (SSSR count). The number of nitrogens with zero attached hydrogens (tertiary/aromatic N) is 2. The number of halogens is 1. The van der Waals surface area contributed by atoms with Crippen molar-refractivity contribution in [1.82, 2.24) is 4.57 Å². The standard InChI is InChI=1S/C19H13FN2O2/c1-11-10-24-19-14(7-21)15(20)6-17(18(11)19)22-8-12(9-23)13-4-2-3-5-16(13)22/h2-6,8-9,11H,10H2,1H3. The van der Waals surface area contributed by atoms with E-state index < -0.39 is 5.82 Å². The highest BCUT2D eigenvalue weighted by Gasteiger charge is 2.30. The molecule has 0 N–H and O–H groups in total. The fourth-order valence-electron chi connectivity index (χ4n) is 3.35. The lowest BCUT2D eigenvalue weighted by molar-refractivity contribution is 0.112. The molecule has 1 aliphatic rings. The second kappa shape index (κ2) is 5.20. The Morgan fingerprint density at radius 2 is 2.21 bits per heavy atom. The highest BCUT2D eigenvalue weighted by Crippen LogP contribution is 2.42. The largest absolute Gasteiger partial charge is 0.491 e. The van der Waals surface area contributed by atoms with Gasteiger partial charge in [-0.15, -0.1) is 0 Å². The van der Waals surface area contributed by atoms with Crippen molar-refractivity contribution in [2.24, 2.45) is 0 Å². The third-order valence-corrected chi connectivity index (χ3v) is 4.46. The Balaban J connectivity index is 2.10. The fraction of sp³-hybridized carbons (Fsp3) is 0.158. The van der Waals surface area contributed by atoms with Crippen LogP contribution in [0.1, 0.15) is 34.3 Å². The van der Waals surface area contributed by atoms with Crippen LogP contribution >= 0.6 is 0 Å². The van der Waals surface area contributed by atoms with Gasteiger partial charge in [-0.05, 0) is 12.1 Å². The molecule has 2 heterocycles. The zero-order valence-electron chi connectivity index (χ0n) is 12.9. The number of nitriles is 1. The number of fused-ring (bicyclic) bond motifs is 2. The number of hydrogen-bond acceptors (Lipinski definition) is 3. The zero-order chi connectivity index (χ0) is 16.8. The molecule has 24 heavy (non-hydrogen) atoms. The molecule has 1 unspecified atom stereocenters. The number of para-hydroxylation sites is 1. The van der Waals surface area contributed by atoms with E-state index in [-0.39, 0.29) is 11.5 Å². The molecular formula is C19H13FN2O2. The van der Waals surface area contributed by atoms with E-state index in [0.717, 1.165) is 22.8 Å². The van der Waals surface area contributed by atoms with Crippen LogP contribution < -0.4 is 4.74 Å². The highest BCUT2D eigenvalue weighted by molar-refractivity contribution is 5.98.